The van der Waals surface area contributed by atoms with Crippen LogP contribution >= 0.6 is 11.3 Å². The molecule has 3 rings (SSSR count). The first-order valence-electron chi connectivity index (χ1n) is 6.43. The molecule has 0 bridgehead atoms. The highest BCUT2D eigenvalue weighted by Gasteiger charge is 2.12. The molecular formula is C14H12FN3O2S. The van der Waals surface area contributed by atoms with Crippen LogP contribution in [-0.4, -0.2) is 14.8 Å². The van der Waals surface area contributed by atoms with E-state index >= 15 is 0 Å². The summed E-state index contributed by atoms with van der Waals surface area (Å²) in [5, 5.41) is 7.03. The first-order chi connectivity index (χ1) is 10.2. The first kappa shape index (κ1) is 13.7. The molecule has 0 spiro atoms. The minimum Gasteiger partial charge on any atom is -0.388 e. The zero-order valence-electron chi connectivity index (χ0n) is 11.2. The van der Waals surface area contributed by atoms with Gasteiger partial charge in [-0.2, -0.15) is 4.68 Å². The van der Waals surface area contributed by atoms with Crippen LogP contribution in [-0.2, 0) is 13.0 Å². The molecule has 0 N–H and O–H groups in total. The standard InChI is InChI=1S/C14H12FN3O2S/c1-2-12-16-11(8-21-12)7-18-14(19)20-13(17-18)9-3-5-10(15)6-4-9/h3-6,8H,2,7H2,1H3. The van der Waals surface area contributed by atoms with Crippen molar-refractivity contribution in [2.24, 2.45) is 0 Å². The average molecular weight is 305 g/mol. The van der Waals surface area contributed by atoms with E-state index in [1.807, 2.05) is 12.3 Å². The third kappa shape index (κ3) is 2.92. The molecule has 21 heavy (non-hydrogen) atoms. The molecule has 1 aromatic carbocycles. The molecule has 0 aliphatic rings. The van der Waals surface area contributed by atoms with E-state index in [0.29, 0.717) is 5.56 Å². The van der Waals surface area contributed by atoms with Gasteiger partial charge >= 0.3 is 5.76 Å². The number of hydrogen-bond acceptors (Lipinski definition) is 5. The van der Waals surface area contributed by atoms with Crippen LogP contribution < -0.4 is 5.76 Å². The normalized spacial score (nSPS) is 11.0. The molecular weight excluding hydrogens is 293 g/mol. The van der Waals surface area contributed by atoms with E-state index in [-0.39, 0.29) is 18.3 Å². The summed E-state index contributed by atoms with van der Waals surface area (Å²) in [4.78, 5) is 16.2. The van der Waals surface area contributed by atoms with Gasteiger partial charge in [-0.05, 0) is 30.7 Å². The third-order valence-electron chi connectivity index (χ3n) is 2.91. The van der Waals surface area contributed by atoms with E-state index in [9.17, 15) is 9.18 Å². The van der Waals surface area contributed by atoms with Crippen molar-refractivity contribution in [1.29, 1.82) is 0 Å². The van der Waals surface area contributed by atoms with Gasteiger partial charge in [0.25, 0.3) is 0 Å². The van der Waals surface area contributed by atoms with Crippen LogP contribution in [0.25, 0.3) is 11.5 Å². The van der Waals surface area contributed by atoms with Gasteiger partial charge in [0, 0.05) is 10.9 Å². The molecule has 0 fully saturated rings. The fraction of sp³-hybridized carbons (Fsp3) is 0.214. The van der Waals surface area contributed by atoms with Crippen molar-refractivity contribution in [3.05, 3.63) is 56.7 Å². The number of aryl methyl sites for hydroxylation is 1. The summed E-state index contributed by atoms with van der Waals surface area (Å²) >= 11 is 1.55. The third-order valence-corrected chi connectivity index (χ3v) is 3.95. The fourth-order valence-electron chi connectivity index (χ4n) is 1.85. The van der Waals surface area contributed by atoms with Crippen molar-refractivity contribution < 1.29 is 8.81 Å². The Hall–Kier alpha value is -2.28. The Morgan fingerprint density at radius 1 is 1.33 bits per heavy atom. The number of rotatable bonds is 4. The largest absolute Gasteiger partial charge is 0.437 e. The zero-order valence-corrected chi connectivity index (χ0v) is 12.1. The monoisotopic (exact) mass is 305 g/mol. The van der Waals surface area contributed by atoms with E-state index in [2.05, 4.69) is 10.1 Å². The molecule has 0 aliphatic heterocycles. The molecule has 0 atom stereocenters. The lowest BCUT2D eigenvalue weighted by atomic mass is 10.2. The second-order valence-electron chi connectivity index (χ2n) is 4.42. The van der Waals surface area contributed by atoms with Crippen LogP contribution in [0.5, 0.6) is 0 Å². The Labute approximate surface area is 123 Å². The molecule has 5 nitrogen and oxygen atoms in total. The molecule has 3 aromatic rings. The molecule has 108 valence electrons. The van der Waals surface area contributed by atoms with Gasteiger partial charge in [-0.25, -0.2) is 14.2 Å². The summed E-state index contributed by atoms with van der Waals surface area (Å²) in [6.45, 7) is 2.29. The molecule has 2 heterocycles. The van der Waals surface area contributed by atoms with Gasteiger partial charge in [-0.1, -0.05) is 6.92 Å². The Morgan fingerprint density at radius 2 is 2.10 bits per heavy atom. The topological polar surface area (TPSA) is 60.9 Å². The molecule has 0 radical (unpaired) electrons. The zero-order chi connectivity index (χ0) is 14.8. The smallest absolute Gasteiger partial charge is 0.388 e. The maximum Gasteiger partial charge on any atom is 0.437 e. The van der Waals surface area contributed by atoms with E-state index in [1.54, 1.807) is 11.3 Å². The second kappa shape index (κ2) is 5.61. The number of thiazole rings is 1. The summed E-state index contributed by atoms with van der Waals surface area (Å²) in [6.07, 6.45) is 0.860. The summed E-state index contributed by atoms with van der Waals surface area (Å²) in [5.41, 5.74) is 1.33. The van der Waals surface area contributed by atoms with Crippen molar-refractivity contribution in [2.75, 3.05) is 0 Å². The summed E-state index contributed by atoms with van der Waals surface area (Å²) in [7, 11) is 0. The van der Waals surface area contributed by atoms with E-state index in [4.69, 9.17) is 4.42 Å². The molecule has 0 unspecified atom stereocenters. The van der Waals surface area contributed by atoms with Gasteiger partial charge in [-0.3, -0.25) is 0 Å². The van der Waals surface area contributed by atoms with Crippen molar-refractivity contribution in [2.45, 2.75) is 19.9 Å². The van der Waals surface area contributed by atoms with E-state index < -0.39 is 5.76 Å². The highest BCUT2D eigenvalue weighted by molar-refractivity contribution is 7.09. The van der Waals surface area contributed by atoms with Crippen molar-refractivity contribution >= 4 is 11.3 Å². The summed E-state index contributed by atoms with van der Waals surface area (Å²) < 4.78 is 19.2. The van der Waals surface area contributed by atoms with Crippen LogP contribution in [0, 0.1) is 5.82 Å². The number of halogens is 1. The number of aromatic nitrogens is 3. The average Bonchev–Trinajstić information content (AvgIpc) is 3.08. The van der Waals surface area contributed by atoms with Crippen molar-refractivity contribution in [1.82, 2.24) is 14.8 Å². The minimum absolute atomic E-state index is 0.172. The lowest BCUT2D eigenvalue weighted by Gasteiger charge is -1.94. The predicted molar refractivity (Wildman–Crippen MR) is 76.8 cm³/mol. The first-order valence-corrected chi connectivity index (χ1v) is 7.31. The lowest BCUT2D eigenvalue weighted by molar-refractivity contribution is 0.493. The van der Waals surface area contributed by atoms with Gasteiger partial charge in [0.05, 0.1) is 17.2 Å². The maximum absolute atomic E-state index is 12.9. The van der Waals surface area contributed by atoms with E-state index in [0.717, 1.165) is 17.1 Å². The minimum atomic E-state index is -0.555. The Morgan fingerprint density at radius 3 is 2.76 bits per heavy atom. The Bertz CT molecular complexity index is 804. The predicted octanol–water partition coefficient (Wildman–Crippen LogP) is 2.71. The van der Waals surface area contributed by atoms with Gasteiger partial charge in [0.2, 0.25) is 5.89 Å². The van der Waals surface area contributed by atoms with Crippen LogP contribution in [0.4, 0.5) is 4.39 Å². The van der Waals surface area contributed by atoms with Crippen molar-refractivity contribution in [3.63, 3.8) is 0 Å². The molecule has 2 aromatic heterocycles. The van der Waals surface area contributed by atoms with Gasteiger partial charge in [-0.15, -0.1) is 16.4 Å². The fourth-order valence-corrected chi connectivity index (χ4v) is 2.59. The number of hydrogen-bond donors (Lipinski definition) is 0. The highest BCUT2D eigenvalue weighted by atomic mass is 32.1. The van der Waals surface area contributed by atoms with E-state index in [1.165, 1.54) is 28.9 Å². The van der Waals surface area contributed by atoms with Crippen LogP contribution in [0.15, 0.2) is 38.9 Å². The Kier molecular flexibility index (Phi) is 3.66. The second-order valence-corrected chi connectivity index (χ2v) is 5.37. The highest BCUT2D eigenvalue weighted by Crippen LogP contribution is 2.16. The van der Waals surface area contributed by atoms with Crippen LogP contribution in [0.3, 0.4) is 0 Å². The SMILES string of the molecule is CCc1nc(Cn2nc(-c3ccc(F)cc3)oc2=O)cs1. The van der Waals surface area contributed by atoms with Crippen LogP contribution in [0.2, 0.25) is 0 Å². The molecule has 0 aliphatic carbocycles. The van der Waals surface area contributed by atoms with Crippen molar-refractivity contribution in [3.8, 4) is 11.5 Å². The Balaban J connectivity index is 1.87. The molecule has 0 amide bonds. The van der Waals surface area contributed by atoms with Gasteiger partial charge in [0.15, 0.2) is 0 Å². The number of benzene rings is 1. The number of nitrogens with zero attached hydrogens (tertiary/aromatic N) is 3. The summed E-state index contributed by atoms with van der Waals surface area (Å²) in [5.74, 6) is -0.735. The summed E-state index contributed by atoms with van der Waals surface area (Å²) in [6, 6.07) is 5.62. The lowest BCUT2D eigenvalue weighted by Crippen LogP contribution is -2.16. The van der Waals surface area contributed by atoms with Gasteiger partial charge < -0.3 is 4.42 Å². The van der Waals surface area contributed by atoms with Gasteiger partial charge in [0.1, 0.15) is 5.82 Å². The molecule has 0 saturated carbocycles. The maximum atomic E-state index is 12.9. The molecule has 7 heteroatoms. The van der Waals surface area contributed by atoms with Crippen LogP contribution in [0.1, 0.15) is 17.6 Å². The quantitative estimate of drug-likeness (QED) is 0.743. The molecule has 0 saturated heterocycles.